The summed E-state index contributed by atoms with van der Waals surface area (Å²) in [4.78, 5) is 14.5. The Bertz CT molecular complexity index is 1800. The summed E-state index contributed by atoms with van der Waals surface area (Å²) in [5.41, 5.74) is 8.07. The second-order valence-corrected chi connectivity index (χ2v) is 15.1. The number of halogens is 3. The Hall–Kier alpha value is -3.34. The highest BCUT2D eigenvalue weighted by Gasteiger charge is 2.39. The zero-order valence-electron chi connectivity index (χ0n) is 28.2. The Morgan fingerprint density at radius 1 is 0.880 bits per heavy atom. The van der Waals surface area contributed by atoms with Crippen LogP contribution in [0.1, 0.15) is 52.7 Å². The first kappa shape index (κ1) is 36.5. The number of hydrogen-bond acceptors (Lipinski definition) is 7. The van der Waals surface area contributed by atoms with E-state index < -0.39 is 16.0 Å². The third kappa shape index (κ3) is 8.40. The van der Waals surface area contributed by atoms with E-state index in [2.05, 4.69) is 35.3 Å². The lowest BCUT2D eigenvalue weighted by Gasteiger charge is -2.43. The Labute approximate surface area is 308 Å². The van der Waals surface area contributed by atoms with Gasteiger partial charge < -0.3 is 29.4 Å². The number of aliphatic hydroxyl groups is 1. The van der Waals surface area contributed by atoms with Crippen LogP contribution in [0.25, 0.3) is 11.1 Å². The van der Waals surface area contributed by atoms with Gasteiger partial charge in [0, 0.05) is 37.7 Å². The van der Waals surface area contributed by atoms with Gasteiger partial charge in [-0.15, -0.1) is 0 Å². The minimum Gasteiger partial charge on any atom is -0.493 e. The zero-order chi connectivity index (χ0) is 35.4. The number of rotatable bonds is 10. The summed E-state index contributed by atoms with van der Waals surface area (Å²) in [7, 11) is 3.33. The van der Waals surface area contributed by atoms with E-state index in [-0.39, 0.29) is 31.3 Å². The molecule has 0 spiro atoms. The van der Waals surface area contributed by atoms with Gasteiger partial charge in [-0.3, -0.25) is 9.69 Å². The first-order valence-corrected chi connectivity index (χ1v) is 17.7. The highest BCUT2D eigenvalue weighted by molar-refractivity contribution is 6.76. The molecular formula is C39H41Cl3N2O6. The van der Waals surface area contributed by atoms with Gasteiger partial charge in [0.15, 0.2) is 17.8 Å². The number of carbonyl (C=O) groups is 1. The van der Waals surface area contributed by atoms with Gasteiger partial charge in [-0.1, -0.05) is 102 Å². The molecule has 2 aliphatic heterocycles. The molecule has 8 nitrogen and oxygen atoms in total. The summed E-state index contributed by atoms with van der Waals surface area (Å²) < 4.78 is 22.7. The van der Waals surface area contributed by atoms with Crippen LogP contribution < -0.4 is 14.8 Å². The van der Waals surface area contributed by atoms with Crippen LogP contribution in [-0.2, 0) is 40.4 Å². The van der Waals surface area contributed by atoms with Crippen molar-refractivity contribution in [3.63, 3.8) is 0 Å². The van der Waals surface area contributed by atoms with E-state index >= 15 is 0 Å². The third-order valence-corrected chi connectivity index (χ3v) is 10.0. The second-order valence-electron chi connectivity index (χ2n) is 12.8. The predicted octanol–water partition coefficient (Wildman–Crippen LogP) is 7.70. The highest BCUT2D eigenvalue weighted by Crippen LogP contribution is 2.43. The van der Waals surface area contributed by atoms with Crippen molar-refractivity contribution >= 4 is 40.7 Å². The monoisotopic (exact) mass is 738 g/mol. The number of benzene rings is 4. The fraction of sp³-hybridized carbons (Fsp3) is 0.359. The van der Waals surface area contributed by atoms with Crippen LogP contribution in [0, 0.1) is 5.92 Å². The van der Waals surface area contributed by atoms with Crippen LogP contribution in [0.2, 0.25) is 0 Å². The maximum absolute atomic E-state index is 12.1. The fourth-order valence-electron chi connectivity index (χ4n) is 6.69. The lowest BCUT2D eigenvalue weighted by Crippen LogP contribution is -2.45. The summed E-state index contributed by atoms with van der Waals surface area (Å²) >= 11 is 17.2. The van der Waals surface area contributed by atoms with E-state index in [9.17, 15) is 9.90 Å². The molecule has 4 aromatic rings. The molecule has 0 aliphatic carbocycles. The van der Waals surface area contributed by atoms with Crippen LogP contribution >= 0.6 is 34.8 Å². The number of amides is 1. The molecule has 2 aliphatic rings. The summed E-state index contributed by atoms with van der Waals surface area (Å²) in [6.07, 6.45) is -0.0855. The molecule has 4 aromatic carbocycles. The van der Waals surface area contributed by atoms with Gasteiger partial charge >= 0.3 is 0 Å². The average molecular weight is 740 g/mol. The maximum atomic E-state index is 12.1. The van der Waals surface area contributed by atoms with Crippen LogP contribution in [0.5, 0.6) is 11.5 Å². The molecule has 0 saturated carbocycles. The molecule has 0 unspecified atom stereocenters. The number of aliphatic hydroxyl groups excluding tert-OH is 1. The van der Waals surface area contributed by atoms with E-state index in [0.717, 1.165) is 70.9 Å². The number of ether oxygens (including phenoxy) is 4. The lowest BCUT2D eigenvalue weighted by atomic mass is 9.89. The van der Waals surface area contributed by atoms with Crippen molar-refractivity contribution in [1.29, 1.82) is 0 Å². The normalized spacial score (nSPS) is 20.9. The minimum atomic E-state index is -2.03. The Morgan fingerprint density at radius 2 is 1.56 bits per heavy atom. The van der Waals surface area contributed by atoms with E-state index in [1.54, 1.807) is 14.2 Å². The first-order chi connectivity index (χ1) is 24.1. The Morgan fingerprint density at radius 3 is 2.24 bits per heavy atom. The van der Waals surface area contributed by atoms with Crippen molar-refractivity contribution in [2.45, 2.75) is 55.3 Å². The van der Waals surface area contributed by atoms with Gasteiger partial charge in [0.05, 0.1) is 33.0 Å². The number of hydrogen-bond donors (Lipinski definition) is 2. The molecule has 6 rings (SSSR count). The number of alkyl halides is 3. The molecule has 11 heteroatoms. The van der Waals surface area contributed by atoms with Crippen LogP contribution in [-0.4, -0.2) is 53.1 Å². The molecule has 0 aromatic heterocycles. The summed E-state index contributed by atoms with van der Waals surface area (Å²) in [6.45, 7) is 4.77. The molecule has 2 heterocycles. The molecule has 264 valence electrons. The zero-order valence-corrected chi connectivity index (χ0v) is 30.5. The number of methoxy groups -OCH3 is 2. The molecule has 4 atom stereocenters. The smallest absolute Gasteiger partial charge is 0.272 e. The van der Waals surface area contributed by atoms with Crippen LogP contribution in [0.15, 0.2) is 84.9 Å². The fourth-order valence-corrected chi connectivity index (χ4v) is 6.89. The number of carbonyl (C=O) groups excluding carboxylic acids is 1. The van der Waals surface area contributed by atoms with E-state index in [4.69, 9.17) is 53.8 Å². The average Bonchev–Trinajstić information content (AvgIpc) is 3.13. The van der Waals surface area contributed by atoms with Crippen molar-refractivity contribution in [2.75, 3.05) is 27.3 Å². The molecule has 1 amide bonds. The topological polar surface area (TPSA) is 89.5 Å². The first-order valence-electron chi connectivity index (χ1n) is 16.6. The molecule has 0 bridgehead atoms. The Kier molecular flexibility index (Phi) is 11.6. The van der Waals surface area contributed by atoms with Gasteiger partial charge in [0.1, 0.15) is 0 Å². The largest absolute Gasteiger partial charge is 0.493 e. The van der Waals surface area contributed by atoms with E-state index in [1.807, 2.05) is 66.7 Å². The standard InChI is InChI=1S/C39H41Cl3N2O6/c1-24-35(22-44-15-14-30-18-33(47-2)34(48-3)19-32(30)21-44)49-37(50-36(24)27-12-10-25(23-45)11-13-27)31-9-5-8-29(17-31)28-7-4-6-26(16-28)20-43-38(46)39(40,41)42/h4-13,16-19,24,35-37,45H,14-15,20-23H2,1-3H3,(H,43,46)/t24-,35+,36+,37+/m0/s1. The van der Waals surface area contributed by atoms with Gasteiger partial charge in [-0.05, 0) is 69.6 Å². The molecule has 2 N–H and O–H groups in total. The number of nitrogens with zero attached hydrogens (tertiary/aromatic N) is 1. The van der Waals surface area contributed by atoms with Crippen molar-refractivity contribution in [3.8, 4) is 22.6 Å². The molecule has 0 radical (unpaired) electrons. The quantitative estimate of drug-likeness (QED) is 0.161. The molecular weight excluding hydrogens is 699 g/mol. The Balaban J connectivity index is 1.25. The third-order valence-electron chi connectivity index (χ3n) is 9.49. The van der Waals surface area contributed by atoms with Crippen LogP contribution in [0.4, 0.5) is 0 Å². The van der Waals surface area contributed by atoms with Gasteiger partial charge in [0.25, 0.3) is 9.70 Å². The summed E-state index contributed by atoms with van der Waals surface area (Å²) in [6, 6.07) is 28.1. The van der Waals surface area contributed by atoms with Crippen molar-refractivity contribution < 1.29 is 28.8 Å². The maximum Gasteiger partial charge on any atom is 0.272 e. The molecule has 1 fully saturated rings. The molecule has 50 heavy (non-hydrogen) atoms. The second kappa shape index (κ2) is 15.9. The van der Waals surface area contributed by atoms with Gasteiger partial charge in [-0.25, -0.2) is 0 Å². The minimum absolute atomic E-state index is 0.0178. The SMILES string of the molecule is COc1cc2c(cc1OC)CN(C[C@H]1O[C@@H](c3cccc(-c4cccc(CNC(=O)C(Cl)(Cl)Cl)c4)c3)O[C@@H](c3ccc(CO)cc3)[C@H]1C)CC2. The van der Waals surface area contributed by atoms with Gasteiger partial charge in [-0.2, -0.15) is 0 Å². The van der Waals surface area contributed by atoms with Crippen LogP contribution in [0.3, 0.4) is 0 Å². The van der Waals surface area contributed by atoms with Crippen molar-refractivity contribution in [1.82, 2.24) is 10.2 Å². The summed E-state index contributed by atoms with van der Waals surface area (Å²) in [5, 5.41) is 12.3. The van der Waals surface area contributed by atoms with E-state index in [0.29, 0.717) is 0 Å². The molecule has 1 saturated heterocycles. The number of nitrogens with one attached hydrogen (secondary N) is 1. The van der Waals surface area contributed by atoms with E-state index in [1.165, 1.54) is 11.1 Å². The summed E-state index contributed by atoms with van der Waals surface area (Å²) in [5.74, 6) is 0.841. The van der Waals surface area contributed by atoms with Gasteiger partial charge in [0.2, 0.25) is 0 Å². The highest BCUT2D eigenvalue weighted by atomic mass is 35.6. The number of fused-ring (bicyclic) bond motifs is 1. The predicted molar refractivity (Wildman–Crippen MR) is 196 cm³/mol. The van der Waals surface area contributed by atoms with Crippen molar-refractivity contribution in [3.05, 3.63) is 118 Å². The van der Waals surface area contributed by atoms with Crippen molar-refractivity contribution in [2.24, 2.45) is 5.92 Å². The lowest BCUT2D eigenvalue weighted by molar-refractivity contribution is -0.276.